The lowest BCUT2D eigenvalue weighted by molar-refractivity contribution is 0.144. The fourth-order valence-electron chi connectivity index (χ4n) is 1.16. The van der Waals surface area contributed by atoms with Crippen LogP contribution in [0.25, 0.3) is 0 Å². The summed E-state index contributed by atoms with van der Waals surface area (Å²) in [5.74, 6) is -0.267. The van der Waals surface area contributed by atoms with E-state index in [1.807, 2.05) is 0 Å². The molecule has 6 heteroatoms. The van der Waals surface area contributed by atoms with Crippen molar-refractivity contribution in [2.45, 2.75) is 12.8 Å². The van der Waals surface area contributed by atoms with Crippen LogP contribution in [0.5, 0.6) is 5.88 Å². The van der Waals surface area contributed by atoms with Crippen molar-refractivity contribution in [3.05, 3.63) is 27.5 Å². The largest absolute Gasteiger partial charge is 0.482 e. The summed E-state index contributed by atoms with van der Waals surface area (Å²) in [6, 6.07) is 1.72. The summed E-state index contributed by atoms with van der Waals surface area (Å²) in [5.41, 5.74) is -1.57. The topological polar surface area (TPSA) is 65.9 Å². The van der Waals surface area contributed by atoms with Gasteiger partial charge in [-0.25, -0.2) is 8.78 Å². The van der Waals surface area contributed by atoms with Crippen LogP contribution < -0.4 is 10.2 Å². The molecule has 15 heavy (non-hydrogen) atoms. The highest BCUT2D eigenvalue weighted by Gasteiger charge is 2.20. The van der Waals surface area contributed by atoms with E-state index in [0.717, 1.165) is 0 Å². The average Bonchev–Trinajstić information content (AvgIpc) is 2.20. The number of pyridine rings is 1. The Morgan fingerprint density at radius 1 is 1.67 bits per heavy atom. The second kappa shape index (κ2) is 4.55. The Hall–Kier alpha value is -1.90. The van der Waals surface area contributed by atoms with Gasteiger partial charge in [-0.3, -0.25) is 4.79 Å². The molecule has 0 saturated heterocycles. The lowest BCUT2D eigenvalue weighted by Gasteiger charge is -2.07. The van der Waals surface area contributed by atoms with Crippen molar-refractivity contribution >= 4 is 0 Å². The molecule has 0 aliphatic heterocycles. The number of aromatic amines is 1. The van der Waals surface area contributed by atoms with Gasteiger partial charge in [0, 0.05) is 11.8 Å². The molecule has 0 atom stereocenters. The maximum atomic E-state index is 12.5. The van der Waals surface area contributed by atoms with Gasteiger partial charge in [0.25, 0.3) is 6.43 Å². The van der Waals surface area contributed by atoms with Crippen LogP contribution >= 0.6 is 0 Å². The number of alkyl halides is 2. The number of hydrogen-bond donors (Lipinski definition) is 1. The average molecular weight is 214 g/mol. The summed E-state index contributed by atoms with van der Waals surface area (Å²) in [6.07, 6.45) is -1.93. The molecule has 1 aromatic heterocycles. The van der Waals surface area contributed by atoms with E-state index in [1.165, 1.54) is 13.3 Å². The molecule has 80 valence electrons. The Balaban J connectivity index is 3.37. The molecule has 1 aromatic rings. The zero-order valence-corrected chi connectivity index (χ0v) is 7.88. The number of hydrogen-bond acceptors (Lipinski definition) is 3. The van der Waals surface area contributed by atoms with Gasteiger partial charge in [0.05, 0.1) is 19.6 Å². The first kappa shape index (κ1) is 11.2. The first-order chi connectivity index (χ1) is 7.11. The highest BCUT2D eigenvalue weighted by Crippen LogP contribution is 2.23. The highest BCUT2D eigenvalue weighted by molar-refractivity contribution is 5.32. The molecule has 0 spiro atoms. The number of aromatic nitrogens is 1. The van der Waals surface area contributed by atoms with Crippen molar-refractivity contribution in [2.24, 2.45) is 0 Å². The van der Waals surface area contributed by atoms with Gasteiger partial charge < -0.3 is 9.72 Å². The monoisotopic (exact) mass is 214 g/mol. The lowest BCUT2D eigenvalue weighted by atomic mass is 10.1. The molecule has 0 aromatic carbocycles. The van der Waals surface area contributed by atoms with Gasteiger partial charge in [-0.2, -0.15) is 5.26 Å². The number of ether oxygens (including phenoxy) is 1. The number of halogens is 2. The minimum atomic E-state index is -2.93. The van der Waals surface area contributed by atoms with Crippen molar-refractivity contribution < 1.29 is 13.5 Å². The van der Waals surface area contributed by atoms with E-state index in [0.29, 0.717) is 0 Å². The molecule has 0 unspecified atom stereocenters. The summed E-state index contributed by atoms with van der Waals surface area (Å²) in [4.78, 5) is 13.9. The molecule has 1 N–H and O–H groups in total. The van der Waals surface area contributed by atoms with E-state index in [-0.39, 0.29) is 17.9 Å². The Morgan fingerprint density at radius 2 is 2.33 bits per heavy atom. The molecule has 0 bridgehead atoms. The molecule has 4 nitrogen and oxygen atoms in total. The van der Waals surface area contributed by atoms with Gasteiger partial charge in [-0.05, 0) is 0 Å². The smallest absolute Gasteiger partial charge is 0.272 e. The third-order valence-electron chi connectivity index (χ3n) is 1.85. The van der Waals surface area contributed by atoms with Crippen LogP contribution in [0.4, 0.5) is 8.78 Å². The summed E-state index contributed by atoms with van der Waals surface area (Å²) in [7, 11) is 1.18. The number of nitrogens with zero attached hydrogens (tertiary/aromatic N) is 1. The van der Waals surface area contributed by atoms with E-state index in [4.69, 9.17) is 5.26 Å². The van der Waals surface area contributed by atoms with E-state index in [2.05, 4.69) is 9.72 Å². The SMILES string of the molecule is COc1[nH]cc(CC#N)c(=O)c1C(F)F. The zero-order valence-electron chi connectivity index (χ0n) is 7.88. The Bertz CT molecular complexity index is 448. The van der Waals surface area contributed by atoms with Gasteiger partial charge in [0.2, 0.25) is 5.88 Å². The van der Waals surface area contributed by atoms with E-state index < -0.39 is 17.4 Å². The van der Waals surface area contributed by atoms with Crippen molar-refractivity contribution in [3.8, 4) is 11.9 Å². The van der Waals surface area contributed by atoms with Crippen LogP contribution in [0.1, 0.15) is 17.6 Å². The minimum Gasteiger partial charge on any atom is -0.482 e. The quantitative estimate of drug-likeness (QED) is 0.826. The molecule has 0 amide bonds. The van der Waals surface area contributed by atoms with Gasteiger partial charge in [0.1, 0.15) is 5.56 Å². The van der Waals surface area contributed by atoms with Crippen LogP contribution in [0, 0.1) is 11.3 Å². The standard InChI is InChI=1S/C9H8F2N2O2/c1-15-9-6(8(10)11)7(14)5(2-3-12)4-13-9/h4,8H,2H2,1H3,(H,13,14). The van der Waals surface area contributed by atoms with Crippen molar-refractivity contribution in [1.29, 1.82) is 5.26 Å². The Labute approximate surface area is 84.1 Å². The number of nitrogens with one attached hydrogen (secondary N) is 1. The van der Waals surface area contributed by atoms with E-state index in [9.17, 15) is 13.6 Å². The van der Waals surface area contributed by atoms with Crippen LogP contribution in [0.2, 0.25) is 0 Å². The molecule has 0 aliphatic carbocycles. The summed E-state index contributed by atoms with van der Waals surface area (Å²) in [5, 5.41) is 8.38. The van der Waals surface area contributed by atoms with Crippen LogP contribution in [0.3, 0.4) is 0 Å². The van der Waals surface area contributed by atoms with Crippen molar-refractivity contribution in [3.63, 3.8) is 0 Å². The Morgan fingerprint density at radius 3 is 2.80 bits per heavy atom. The highest BCUT2D eigenvalue weighted by atomic mass is 19.3. The van der Waals surface area contributed by atoms with Gasteiger partial charge >= 0.3 is 0 Å². The van der Waals surface area contributed by atoms with Crippen LogP contribution in [-0.4, -0.2) is 12.1 Å². The zero-order chi connectivity index (χ0) is 11.4. The molecule has 1 rings (SSSR count). The minimum absolute atomic E-state index is 0.00796. The Kier molecular flexibility index (Phi) is 3.39. The fourth-order valence-corrected chi connectivity index (χ4v) is 1.16. The van der Waals surface area contributed by atoms with E-state index in [1.54, 1.807) is 6.07 Å². The molecular weight excluding hydrogens is 206 g/mol. The first-order valence-corrected chi connectivity index (χ1v) is 4.05. The summed E-state index contributed by atoms with van der Waals surface area (Å²) < 4.78 is 29.6. The second-order valence-corrected chi connectivity index (χ2v) is 2.73. The number of methoxy groups -OCH3 is 1. The first-order valence-electron chi connectivity index (χ1n) is 4.05. The maximum absolute atomic E-state index is 12.5. The maximum Gasteiger partial charge on any atom is 0.272 e. The number of H-pyrrole nitrogens is 1. The summed E-state index contributed by atoms with van der Waals surface area (Å²) >= 11 is 0. The molecule has 0 fully saturated rings. The molecule has 0 saturated carbocycles. The molecule has 1 heterocycles. The molecule has 0 radical (unpaired) electrons. The predicted octanol–water partition coefficient (Wildman–Crippen LogP) is 1.39. The third kappa shape index (κ3) is 2.13. The number of rotatable bonds is 3. The van der Waals surface area contributed by atoms with Crippen molar-refractivity contribution in [1.82, 2.24) is 4.98 Å². The van der Waals surface area contributed by atoms with Crippen LogP contribution in [-0.2, 0) is 6.42 Å². The lowest BCUT2D eigenvalue weighted by Crippen LogP contribution is -2.17. The van der Waals surface area contributed by atoms with Gasteiger partial charge in [-0.1, -0.05) is 0 Å². The van der Waals surface area contributed by atoms with Crippen LogP contribution in [0.15, 0.2) is 11.0 Å². The van der Waals surface area contributed by atoms with Gasteiger partial charge in [0.15, 0.2) is 5.43 Å². The summed E-state index contributed by atoms with van der Waals surface area (Å²) in [6.45, 7) is 0. The second-order valence-electron chi connectivity index (χ2n) is 2.73. The molecular formula is C9H8F2N2O2. The number of nitriles is 1. The van der Waals surface area contributed by atoms with Gasteiger partial charge in [-0.15, -0.1) is 0 Å². The molecule has 0 aliphatic rings. The van der Waals surface area contributed by atoms with E-state index >= 15 is 0 Å². The predicted molar refractivity (Wildman–Crippen MR) is 47.9 cm³/mol. The third-order valence-corrected chi connectivity index (χ3v) is 1.85. The fraction of sp³-hybridized carbons (Fsp3) is 0.333. The van der Waals surface area contributed by atoms with Crippen molar-refractivity contribution in [2.75, 3.05) is 7.11 Å². The normalized spacial score (nSPS) is 10.1.